The number of anilines is 1. The first-order chi connectivity index (χ1) is 12.1. The van der Waals surface area contributed by atoms with Crippen molar-refractivity contribution in [3.05, 3.63) is 65.0 Å². The van der Waals surface area contributed by atoms with E-state index in [1.807, 2.05) is 6.07 Å². The van der Waals surface area contributed by atoms with Crippen LogP contribution in [0, 0.1) is 34.4 Å². The summed E-state index contributed by atoms with van der Waals surface area (Å²) in [5, 5.41) is 18.3. The molecule has 3 rings (SSSR count). The molecule has 1 aliphatic rings. The van der Waals surface area contributed by atoms with E-state index in [1.165, 1.54) is 17.0 Å². The highest BCUT2D eigenvalue weighted by Crippen LogP contribution is 2.29. The van der Waals surface area contributed by atoms with Crippen LogP contribution in [0.25, 0.3) is 0 Å². The minimum Gasteiger partial charge on any atom is -0.311 e. The molecule has 1 amide bonds. The molecule has 2 aromatic carbocycles. The summed E-state index contributed by atoms with van der Waals surface area (Å²) < 4.78 is 13.6. The van der Waals surface area contributed by atoms with Gasteiger partial charge in [-0.25, -0.2) is 4.39 Å². The summed E-state index contributed by atoms with van der Waals surface area (Å²) in [7, 11) is 0. The SMILES string of the molecule is N#Cc1ccc(CC(C#N)C(=O)N2CCCc3ccc(F)cc32)cc1. The average Bonchev–Trinajstić information content (AvgIpc) is 2.65. The normalized spacial score (nSPS) is 14.1. The first-order valence-electron chi connectivity index (χ1n) is 8.11. The number of hydrogen-bond donors (Lipinski definition) is 0. The number of nitriles is 2. The summed E-state index contributed by atoms with van der Waals surface area (Å²) in [6.45, 7) is 0.487. The molecular formula is C20H16FN3O. The van der Waals surface area contributed by atoms with Gasteiger partial charge in [0.05, 0.1) is 17.7 Å². The maximum absolute atomic E-state index is 13.6. The molecule has 25 heavy (non-hydrogen) atoms. The minimum atomic E-state index is -0.845. The zero-order valence-electron chi connectivity index (χ0n) is 13.6. The first-order valence-corrected chi connectivity index (χ1v) is 8.11. The van der Waals surface area contributed by atoms with E-state index in [4.69, 9.17) is 5.26 Å². The molecule has 1 heterocycles. The number of fused-ring (bicyclic) bond motifs is 1. The highest BCUT2D eigenvalue weighted by molar-refractivity contribution is 5.97. The van der Waals surface area contributed by atoms with Crippen LogP contribution in [0.5, 0.6) is 0 Å². The van der Waals surface area contributed by atoms with Crippen LogP contribution in [0.3, 0.4) is 0 Å². The molecule has 1 atom stereocenters. The number of benzene rings is 2. The summed E-state index contributed by atoms with van der Waals surface area (Å²) in [6, 6.07) is 15.4. The lowest BCUT2D eigenvalue weighted by molar-refractivity contribution is -0.120. The van der Waals surface area contributed by atoms with E-state index in [1.54, 1.807) is 30.3 Å². The molecule has 0 aliphatic carbocycles. The lowest BCUT2D eigenvalue weighted by Crippen LogP contribution is -2.40. The van der Waals surface area contributed by atoms with Crippen LogP contribution < -0.4 is 4.90 Å². The van der Waals surface area contributed by atoms with Crippen molar-refractivity contribution >= 4 is 11.6 Å². The summed E-state index contributed by atoms with van der Waals surface area (Å²) in [5.74, 6) is -1.54. The second-order valence-corrected chi connectivity index (χ2v) is 6.06. The second-order valence-electron chi connectivity index (χ2n) is 6.06. The smallest absolute Gasteiger partial charge is 0.244 e. The van der Waals surface area contributed by atoms with Crippen LogP contribution in [-0.2, 0) is 17.6 Å². The monoisotopic (exact) mass is 333 g/mol. The van der Waals surface area contributed by atoms with E-state index >= 15 is 0 Å². The quantitative estimate of drug-likeness (QED) is 0.865. The molecule has 0 N–H and O–H groups in total. The van der Waals surface area contributed by atoms with Crippen molar-refractivity contribution in [2.24, 2.45) is 5.92 Å². The molecule has 124 valence electrons. The van der Waals surface area contributed by atoms with Crippen molar-refractivity contribution in [1.82, 2.24) is 0 Å². The third-order valence-electron chi connectivity index (χ3n) is 4.41. The molecule has 0 saturated carbocycles. The Morgan fingerprint density at radius 2 is 1.96 bits per heavy atom. The summed E-state index contributed by atoms with van der Waals surface area (Å²) >= 11 is 0. The van der Waals surface area contributed by atoms with Crippen LogP contribution >= 0.6 is 0 Å². The highest BCUT2D eigenvalue weighted by atomic mass is 19.1. The van der Waals surface area contributed by atoms with Gasteiger partial charge in [-0.05, 0) is 54.7 Å². The molecule has 0 radical (unpaired) electrons. The van der Waals surface area contributed by atoms with E-state index in [0.717, 1.165) is 24.0 Å². The van der Waals surface area contributed by atoms with E-state index in [9.17, 15) is 14.4 Å². The van der Waals surface area contributed by atoms with Crippen molar-refractivity contribution in [2.75, 3.05) is 11.4 Å². The third kappa shape index (κ3) is 3.51. The van der Waals surface area contributed by atoms with E-state index < -0.39 is 5.92 Å². The molecule has 0 fully saturated rings. The number of amides is 1. The molecule has 0 saturated heterocycles. The summed E-state index contributed by atoms with van der Waals surface area (Å²) in [4.78, 5) is 14.4. The van der Waals surface area contributed by atoms with Gasteiger partial charge in [-0.15, -0.1) is 0 Å². The summed E-state index contributed by atoms with van der Waals surface area (Å²) in [5.41, 5.74) is 2.84. The Bertz CT molecular complexity index is 877. The fourth-order valence-corrected chi connectivity index (χ4v) is 3.10. The van der Waals surface area contributed by atoms with Crippen molar-refractivity contribution in [3.63, 3.8) is 0 Å². The Labute approximate surface area is 145 Å². The number of carbonyl (C=O) groups excluding carboxylic acids is 1. The Morgan fingerprint density at radius 3 is 2.64 bits per heavy atom. The Balaban J connectivity index is 1.83. The van der Waals surface area contributed by atoms with Crippen LogP contribution in [0.1, 0.15) is 23.1 Å². The van der Waals surface area contributed by atoms with Gasteiger partial charge in [-0.2, -0.15) is 10.5 Å². The van der Waals surface area contributed by atoms with E-state index in [-0.39, 0.29) is 18.1 Å². The van der Waals surface area contributed by atoms with Gasteiger partial charge in [0, 0.05) is 12.2 Å². The third-order valence-corrected chi connectivity index (χ3v) is 4.41. The van der Waals surface area contributed by atoms with Gasteiger partial charge in [0.25, 0.3) is 0 Å². The van der Waals surface area contributed by atoms with Gasteiger partial charge >= 0.3 is 0 Å². The van der Waals surface area contributed by atoms with Gasteiger partial charge in [0.2, 0.25) is 5.91 Å². The number of nitrogens with zero attached hydrogens (tertiary/aromatic N) is 3. The Morgan fingerprint density at radius 1 is 1.20 bits per heavy atom. The fraction of sp³-hybridized carbons (Fsp3) is 0.250. The largest absolute Gasteiger partial charge is 0.311 e. The average molecular weight is 333 g/mol. The van der Waals surface area contributed by atoms with Crippen LogP contribution in [0.2, 0.25) is 0 Å². The van der Waals surface area contributed by atoms with Crippen molar-refractivity contribution < 1.29 is 9.18 Å². The molecule has 1 aliphatic heterocycles. The van der Waals surface area contributed by atoms with Gasteiger partial charge in [0.15, 0.2) is 0 Å². The lowest BCUT2D eigenvalue weighted by atomic mass is 9.95. The van der Waals surface area contributed by atoms with Gasteiger partial charge in [0.1, 0.15) is 11.7 Å². The highest BCUT2D eigenvalue weighted by Gasteiger charge is 2.29. The first kappa shape index (κ1) is 16.7. The zero-order valence-corrected chi connectivity index (χ0v) is 13.6. The lowest BCUT2D eigenvalue weighted by Gasteiger charge is -2.31. The zero-order chi connectivity index (χ0) is 17.8. The molecule has 4 nitrogen and oxygen atoms in total. The Kier molecular flexibility index (Phi) is 4.77. The number of halogens is 1. The van der Waals surface area contributed by atoms with Crippen LogP contribution in [0.15, 0.2) is 42.5 Å². The molecule has 0 bridgehead atoms. The fourth-order valence-electron chi connectivity index (χ4n) is 3.10. The van der Waals surface area contributed by atoms with Crippen molar-refractivity contribution in [2.45, 2.75) is 19.3 Å². The van der Waals surface area contributed by atoms with E-state index in [0.29, 0.717) is 17.8 Å². The Hall–Kier alpha value is -3.18. The maximum Gasteiger partial charge on any atom is 0.244 e. The molecule has 0 aromatic heterocycles. The van der Waals surface area contributed by atoms with Gasteiger partial charge in [-0.1, -0.05) is 18.2 Å². The van der Waals surface area contributed by atoms with Crippen LogP contribution in [-0.4, -0.2) is 12.5 Å². The van der Waals surface area contributed by atoms with E-state index in [2.05, 4.69) is 6.07 Å². The number of hydrogen-bond acceptors (Lipinski definition) is 3. The molecule has 0 spiro atoms. The minimum absolute atomic E-state index is 0.266. The number of carbonyl (C=O) groups is 1. The molecule has 5 heteroatoms. The standard InChI is InChI=1S/C20H16FN3O/c21-18-8-7-16-2-1-9-24(19(16)11-18)20(25)17(13-23)10-14-3-5-15(12-22)6-4-14/h3-8,11,17H,1-2,9-10H2. The maximum atomic E-state index is 13.6. The molecule has 2 aromatic rings. The second kappa shape index (κ2) is 7.15. The van der Waals surface area contributed by atoms with Crippen LogP contribution in [0.4, 0.5) is 10.1 Å². The number of rotatable bonds is 3. The predicted octanol–water partition coefficient (Wildman–Crippen LogP) is 3.36. The molecule has 1 unspecified atom stereocenters. The van der Waals surface area contributed by atoms with Gasteiger partial charge < -0.3 is 4.90 Å². The van der Waals surface area contributed by atoms with Gasteiger partial charge in [-0.3, -0.25) is 4.79 Å². The van der Waals surface area contributed by atoms with Crippen molar-refractivity contribution in [3.8, 4) is 12.1 Å². The molecular weight excluding hydrogens is 317 g/mol. The topological polar surface area (TPSA) is 67.9 Å². The van der Waals surface area contributed by atoms with Crippen molar-refractivity contribution in [1.29, 1.82) is 10.5 Å². The summed E-state index contributed by atoms with van der Waals surface area (Å²) in [6.07, 6.45) is 1.85. The number of aryl methyl sites for hydroxylation is 1. The predicted molar refractivity (Wildman–Crippen MR) is 91.0 cm³/mol.